The minimum Gasteiger partial charge on any atom is -0.489 e. The van der Waals surface area contributed by atoms with E-state index in [2.05, 4.69) is 15.9 Å². The fourth-order valence-electron chi connectivity index (χ4n) is 2.78. The summed E-state index contributed by atoms with van der Waals surface area (Å²) in [4.78, 5) is 14.0. The number of alkyl halides is 1. The van der Waals surface area contributed by atoms with E-state index in [1.54, 1.807) is 4.90 Å². The lowest BCUT2D eigenvalue weighted by Crippen LogP contribution is -2.30. The standard InChI is InChI=1S/C19H19BrFNO2/c20-16-6-7-18(24-13-14-4-2-1-3-5-14)15(10-16)11-19(23)22-9-8-17(21)12-22/h1-7,10,17H,8-9,11-13H2. The van der Waals surface area contributed by atoms with E-state index in [-0.39, 0.29) is 18.9 Å². The first kappa shape index (κ1) is 17.0. The van der Waals surface area contributed by atoms with Crippen LogP contribution < -0.4 is 4.74 Å². The number of amides is 1. The molecule has 1 aliphatic heterocycles. The van der Waals surface area contributed by atoms with Crippen LogP contribution in [0.25, 0.3) is 0 Å². The Hall–Kier alpha value is -1.88. The maximum absolute atomic E-state index is 13.3. The average molecular weight is 392 g/mol. The van der Waals surface area contributed by atoms with E-state index in [4.69, 9.17) is 4.74 Å². The van der Waals surface area contributed by atoms with E-state index >= 15 is 0 Å². The van der Waals surface area contributed by atoms with Crippen molar-refractivity contribution in [3.05, 3.63) is 64.1 Å². The summed E-state index contributed by atoms with van der Waals surface area (Å²) < 4.78 is 20.1. The van der Waals surface area contributed by atoms with Crippen LogP contribution in [0, 0.1) is 0 Å². The molecule has 24 heavy (non-hydrogen) atoms. The summed E-state index contributed by atoms with van der Waals surface area (Å²) in [5, 5.41) is 0. The first-order valence-corrected chi connectivity index (χ1v) is 8.78. The van der Waals surface area contributed by atoms with Gasteiger partial charge in [0.15, 0.2) is 0 Å². The molecule has 0 spiro atoms. The number of likely N-dealkylation sites (tertiary alicyclic amines) is 1. The lowest BCUT2D eigenvalue weighted by atomic mass is 10.1. The van der Waals surface area contributed by atoms with Crippen molar-refractivity contribution in [2.24, 2.45) is 0 Å². The topological polar surface area (TPSA) is 29.5 Å². The molecule has 2 aromatic rings. The SMILES string of the molecule is O=C(Cc1cc(Br)ccc1OCc1ccccc1)N1CCC(F)C1. The molecular formula is C19H19BrFNO2. The minimum atomic E-state index is -0.898. The predicted molar refractivity (Wildman–Crippen MR) is 94.7 cm³/mol. The van der Waals surface area contributed by atoms with Crippen molar-refractivity contribution in [1.29, 1.82) is 0 Å². The van der Waals surface area contributed by atoms with E-state index in [1.165, 1.54) is 0 Å². The Kier molecular flexibility index (Phi) is 5.51. The minimum absolute atomic E-state index is 0.0576. The zero-order valence-electron chi connectivity index (χ0n) is 13.3. The van der Waals surface area contributed by atoms with E-state index in [0.717, 1.165) is 15.6 Å². The van der Waals surface area contributed by atoms with Gasteiger partial charge in [-0.25, -0.2) is 4.39 Å². The number of carbonyl (C=O) groups excluding carboxylic acids is 1. The van der Waals surface area contributed by atoms with Crippen LogP contribution in [0.4, 0.5) is 4.39 Å². The van der Waals surface area contributed by atoms with Crippen molar-refractivity contribution >= 4 is 21.8 Å². The lowest BCUT2D eigenvalue weighted by molar-refractivity contribution is -0.129. The van der Waals surface area contributed by atoms with Crippen LogP contribution >= 0.6 is 15.9 Å². The number of carbonyl (C=O) groups is 1. The van der Waals surface area contributed by atoms with Crippen molar-refractivity contribution in [1.82, 2.24) is 4.90 Å². The Morgan fingerprint density at radius 3 is 2.75 bits per heavy atom. The summed E-state index contributed by atoms with van der Waals surface area (Å²) in [7, 11) is 0. The van der Waals surface area contributed by atoms with Gasteiger partial charge in [0.2, 0.25) is 5.91 Å². The molecule has 1 unspecified atom stereocenters. The van der Waals surface area contributed by atoms with Crippen molar-refractivity contribution in [2.75, 3.05) is 13.1 Å². The van der Waals surface area contributed by atoms with Gasteiger partial charge in [0.25, 0.3) is 0 Å². The van der Waals surface area contributed by atoms with Gasteiger partial charge in [0, 0.05) is 16.6 Å². The summed E-state index contributed by atoms with van der Waals surface area (Å²) >= 11 is 3.43. The molecular weight excluding hydrogens is 373 g/mol. The first-order valence-electron chi connectivity index (χ1n) is 7.99. The molecule has 0 aromatic heterocycles. The van der Waals surface area contributed by atoms with E-state index in [9.17, 15) is 9.18 Å². The van der Waals surface area contributed by atoms with Gasteiger partial charge < -0.3 is 9.64 Å². The van der Waals surface area contributed by atoms with E-state index < -0.39 is 6.17 Å². The summed E-state index contributed by atoms with van der Waals surface area (Å²) in [6, 6.07) is 15.5. The number of hydrogen-bond acceptors (Lipinski definition) is 2. The number of halogens is 2. The van der Waals surface area contributed by atoms with Crippen molar-refractivity contribution in [2.45, 2.75) is 25.6 Å². The highest BCUT2D eigenvalue weighted by Crippen LogP contribution is 2.26. The third kappa shape index (κ3) is 4.35. The monoisotopic (exact) mass is 391 g/mol. The molecule has 1 heterocycles. The number of hydrogen-bond donors (Lipinski definition) is 0. The molecule has 0 bridgehead atoms. The molecule has 3 nitrogen and oxygen atoms in total. The molecule has 5 heteroatoms. The van der Waals surface area contributed by atoms with Gasteiger partial charge in [-0.15, -0.1) is 0 Å². The number of rotatable bonds is 5. The van der Waals surface area contributed by atoms with Gasteiger partial charge in [-0.05, 0) is 30.2 Å². The van der Waals surface area contributed by atoms with Crippen molar-refractivity contribution in [3.8, 4) is 5.75 Å². The summed E-state index contributed by atoms with van der Waals surface area (Å²) in [6.07, 6.45) is -0.247. The largest absolute Gasteiger partial charge is 0.489 e. The fraction of sp³-hybridized carbons (Fsp3) is 0.316. The van der Waals surface area contributed by atoms with Crippen LogP contribution in [-0.2, 0) is 17.8 Å². The van der Waals surface area contributed by atoms with Gasteiger partial charge in [-0.2, -0.15) is 0 Å². The molecule has 0 N–H and O–H groups in total. The fourth-order valence-corrected chi connectivity index (χ4v) is 3.19. The van der Waals surface area contributed by atoms with Crippen LogP contribution in [0.3, 0.4) is 0 Å². The number of benzene rings is 2. The highest BCUT2D eigenvalue weighted by Gasteiger charge is 2.26. The maximum atomic E-state index is 13.3. The van der Waals surface area contributed by atoms with Gasteiger partial charge in [-0.1, -0.05) is 46.3 Å². The second-order valence-corrected chi connectivity index (χ2v) is 6.84. The van der Waals surface area contributed by atoms with Gasteiger partial charge in [0.05, 0.1) is 13.0 Å². The van der Waals surface area contributed by atoms with Crippen LogP contribution in [0.1, 0.15) is 17.5 Å². The molecule has 1 atom stereocenters. The van der Waals surface area contributed by atoms with Gasteiger partial charge in [-0.3, -0.25) is 4.79 Å². The third-order valence-corrected chi connectivity index (χ3v) is 4.58. The van der Waals surface area contributed by atoms with Gasteiger partial charge >= 0.3 is 0 Å². The zero-order chi connectivity index (χ0) is 16.9. The molecule has 1 amide bonds. The van der Waals surface area contributed by atoms with Crippen LogP contribution in [0.15, 0.2) is 53.0 Å². The van der Waals surface area contributed by atoms with Crippen LogP contribution in [0.5, 0.6) is 5.75 Å². The van der Waals surface area contributed by atoms with Crippen molar-refractivity contribution in [3.63, 3.8) is 0 Å². The number of ether oxygens (including phenoxy) is 1. The molecule has 126 valence electrons. The smallest absolute Gasteiger partial charge is 0.227 e. The van der Waals surface area contributed by atoms with Crippen molar-refractivity contribution < 1.29 is 13.9 Å². The normalized spacial score (nSPS) is 17.1. The molecule has 1 aliphatic rings. The summed E-state index contributed by atoms with van der Waals surface area (Å²) in [5.74, 6) is 0.629. The van der Waals surface area contributed by atoms with E-state index in [0.29, 0.717) is 25.3 Å². The Bertz CT molecular complexity index is 708. The maximum Gasteiger partial charge on any atom is 0.227 e. The summed E-state index contributed by atoms with van der Waals surface area (Å²) in [5.41, 5.74) is 1.88. The lowest BCUT2D eigenvalue weighted by Gasteiger charge is -2.17. The number of nitrogens with zero attached hydrogens (tertiary/aromatic N) is 1. The molecule has 0 aliphatic carbocycles. The molecule has 2 aromatic carbocycles. The van der Waals surface area contributed by atoms with Crippen LogP contribution in [-0.4, -0.2) is 30.1 Å². The first-order chi connectivity index (χ1) is 11.6. The average Bonchev–Trinajstić information content (AvgIpc) is 3.02. The highest BCUT2D eigenvalue weighted by atomic mass is 79.9. The Morgan fingerprint density at radius 2 is 2.04 bits per heavy atom. The van der Waals surface area contributed by atoms with Gasteiger partial charge in [0.1, 0.15) is 18.5 Å². The molecule has 0 radical (unpaired) electrons. The van der Waals surface area contributed by atoms with Crippen LogP contribution in [0.2, 0.25) is 0 Å². The molecule has 0 saturated carbocycles. The summed E-state index contributed by atoms with van der Waals surface area (Å²) in [6.45, 7) is 1.14. The molecule has 1 fully saturated rings. The quantitative estimate of drug-likeness (QED) is 0.766. The second kappa shape index (κ2) is 7.79. The Morgan fingerprint density at radius 1 is 1.25 bits per heavy atom. The highest BCUT2D eigenvalue weighted by molar-refractivity contribution is 9.10. The molecule has 3 rings (SSSR count). The second-order valence-electron chi connectivity index (χ2n) is 5.93. The third-order valence-electron chi connectivity index (χ3n) is 4.08. The zero-order valence-corrected chi connectivity index (χ0v) is 14.8. The predicted octanol–water partition coefficient (Wildman–Crippen LogP) is 4.14. The Balaban J connectivity index is 1.69. The molecule has 1 saturated heterocycles. The van der Waals surface area contributed by atoms with E-state index in [1.807, 2.05) is 48.5 Å². The Labute approximate surface area is 149 Å².